The molecule has 2 aromatic rings. The van der Waals surface area contributed by atoms with Crippen molar-refractivity contribution in [2.45, 2.75) is 26.7 Å². The Hall–Kier alpha value is -2.86. The normalized spacial score (nSPS) is 13.2. The van der Waals surface area contributed by atoms with Crippen molar-refractivity contribution >= 4 is 17.3 Å². The van der Waals surface area contributed by atoms with Gasteiger partial charge >= 0.3 is 0 Å². The number of hydrogen-bond donors (Lipinski definition) is 2. The van der Waals surface area contributed by atoms with Gasteiger partial charge in [-0.2, -0.15) is 0 Å². The minimum atomic E-state index is -0.151. The number of aryl methyl sites for hydroxylation is 1. The van der Waals surface area contributed by atoms with E-state index >= 15 is 0 Å². The van der Waals surface area contributed by atoms with Crippen molar-refractivity contribution in [2.75, 3.05) is 31.6 Å². The zero-order valence-corrected chi connectivity index (χ0v) is 16.5. The van der Waals surface area contributed by atoms with Crippen LogP contribution in [-0.2, 0) is 11.2 Å². The van der Waals surface area contributed by atoms with Crippen LogP contribution >= 0.6 is 0 Å². The maximum atomic E-state index is 12.2. The summed E-state index contributed by atoms with van der Waals surface area (Å²) in [5.74, 6) is 1.11. The smallest absolute Gasteiger partial charge is 0.246 e. The van der Waals surface area contributed by atoms with Crippen LogP contribution in [0.25, 0.3) is 0 Å². The number of nitrogens with zero attached hydrogens (tertiary/aromatic N) is 1. The zero-order valence-electron chi connectivity index (χ0n) is 16.5. The van der Waals surface area contributed by atoms with Gasteiger partial charge in [0.25, 0.3) is 0 Å². The van der Waals surface area contributed by atoms with Crippen molar-refractivity contribution < 1.29 is 14.3 Å². The number of carbonyl (C=O) groups is 1. The lowest BCUT2D eigenvalue weighted by Gasteiger charge is -2.17. The molecule has 3 rings (SSSR count). The molecule has 0 unspecified atom stereocenters. The van der Waals surface area contributed by atoms with Crippen molar-refractivity contribution in [3.8, 4) is 11.5 Å². The lowest BCUT2D eigenvalue weighted by Crippen LogP contribution is -2.13. The third-order valence-electron chi connectivity index (χ3n) is 4.49. The van der Waals surface area contributed by atoms with Gasteiger partial charge in [0.2, 0.25) is 5.91 Å². The third-order valence-corrected chi connectivity index (χ3v) is 4.49. The van der Waals surface area contributed by atoms with Gasteiger partial charge in [0, 0.05) is 17.2 Å². The molecule has 2 aromatic carbocycles. The number of rotatable bonds is 8. The van der Waals surface area contributed by atoms with Crippen LogP contribution < -0.4 is 20.5 Å². The first-order valence-corrected chi connectivity index (χ1v) is 9.74. The first kappa shape index (κ1) is 19.9. The summed E-state index contributed by atoms with van der Waals surface area (Å²) in [5, 5.41) is 2.93. The average Bonchev–Trinajstić information content (AvgIpc) is 2.85. The van der Waals surface area contributed by atoms with E-state index in [1.807, 2.05) is 38.1 Å². The SMILES string of the molecule is CCOc1cc2c(cc1OCC)C(c1ccc(CCCN)cc1)=NCC(=O)N2. The Labute approximate surface area is 165 Å². The Morgan fingerprint density at radius 2 is 1.75 bits per heavy atom. The number of benzodiazepines with no additional fused rings is 1. The maximum absolute atomic E-state index is 12.2. The number of hydrogen-bond acceptors (Lipinski definition) is 5. The number of aliphatic imine (C=N–C) groups is 1. The molecular weight excluding hydrogens is 354 g/mol. The highest BCUT2D eigenvalue weighted by molar-refractivity contribution is 6.19. The lowest BCUT2D eigenvalue weighted by molar-refractivity contribution is -0.114. The van der Waals surface area contributed by atoms with Gasteiger partial charge in [-0.3, -0.25) is 9.79 Å². The van der Waals surface area contributed by atoms with Crippen molar-refractivity contribution in [1.82, 2.24) is 0 Å². The molecule has 0 atom stereocenters. The van der Waals surface area contributed by atoms with Crippen LogP contribution in [0.1, 0.15) is 37.0 Å². The summed E-state index contributed by atoms with van der Waals surface area (Å²) >= 11 is 0. The molecule has 6 nitrogen and oxygen atoms in total. The van der Waals surface area contributed by atoms with E-state index in [1.165, 1.54) is 5.56 Å². The molecule has 0 radical (unpaired) electrons. The number of benzene rings is 2. The first-order valence-electron chi connectivity index (χ1n) is 9.74. The number of anilines is 1. The van der Waals surface area contributed by atoms with Gasteiger partial charge in [-0.1, -0.05) is 24.3 Å². The predicted molar refractivity (Wildman–Crippen MR) is 112 cm³/mol. The van der Waals surface area contributed by atoms with Crippen molar-refractivity contribution in [2.24, 2.45) is 10.7 Å². The molecule has 0 saturated heterocycles. The van der Waals surface area contributed by atoms with Crippen LogP contribution in [0, 0.1) is 0 Å². The van der Waals surface area contributed by atoms with Gasteiger partial charge in [0.05, 0.1) is 24.6 Å². The van der Waals surface area contributed by atoms with E-state index in [9.17, 15) is 4.79 Å². The summed E-state index contributed by atoms with van der Waals surface area (Å²) in [6, 6.07) is 12.0. The second-order valence-electron chi connectivity index (χ2n) is 6.51. The quantitative estimate of drug-likeness (QED) is 0.735. The Morgan fingerprint density at radius 1 is 1.07 bits per heavy atom. The summed E-state index contributed by atoms with van der Waals surface area (Å²) < 4.78 is 11.5. The fourth-order valence-corrected chi connectivity index (χ4v) is 3.20. The molecule has 148 valence electrons. The van der Waals surface area contributed by atoms with Crippen LogP contribution in [0.3, 0.4) is 0 Å². The number of fused-ring (bicyclic) bond motifs is 1. The second kappa shape index (κ2) is 9.37. The van der Waals surface area contributed by atoms with Gasteiger partial charge in [-0.15, -0.1) is 0 Å². The fourth-order valence-electron chi connectivity index (χ4n) is 3.20. The first-order chi connectivity index (χ1) is 13.7. The van der Waals surface area contributed by atoms with Crippen LogP contribution in [-0.4, -0.2) is 37.9 Å². The average molecular weight is 381 g/mol. The van der Waals surface area contributed by atoms with Crippen LogP contribution in [0.2, 0.25) is 0 Å². The Bertz CT molecular complexity index is 860. The molecule has 1 heterocycles. The zero-order chi connectivity index (χ0) is 19.9. The van der Waals surface area contributed by atoms with E-state index in [0.29, 0.717) is 36.9 Å². The summed E-state index contributed by atoms with van der Waals surface area (Å²) in [4.78, 5) is 16.7. The molecule has 0 aromatic heterocycles. The van der Waals surface area contributed by atoms with Crippen LogP contribution in [0.15, 0.2) is 41.4 Å². The number of amides is 1. The third kappa shape index (κ3) is 4.51. The number of ether oxygens (including phenoxy) is 2. The topological polar surface area (TPSA) is 85.9 Å². The van der Waals surface area contributed by atoms with E-state index < -0.39 is 0 Å². The fraction of sp³-hybridized carbons (Fsp3) is 0.364. The second-order valence-corrected chi connectivity index (χ2v) is 6.51. The van der Waals surface area contributed by atoms with Crippen LogP contribution in [0.5, 0.6) is 11.5 Å². The van der Waals surface area contributed by atoms with Gasteiger partial charge < -0.3 is 20.5 Å². The van der Waals surface area contributed by atoms with E-state index in [2.05, 4.69) is 22.4 Å². The van der Waals surface area contributed by atoms with E-state index in [0.717, 1.165) is 29.7 Å². The minimum Gasteiger partial charge on any atom is -0.490 e. The lowest BCUT2D eigenvalue weighted by atomic mass is 9.98. The molecule has 0 fully saturated rings. The van der Waals surface area contributed by atoms with E-state index in [4.69, 9.17) is 15.2 Å². The standard InChI is InChI=1S/C22H27N3O3/c1-3-27-19-12-17-18(13-20(19)28-4-2)25-21(26)14-24-22(17)16-9-7-15(8-10-16)6-5-11-23/h7-10,12-13H,3-6,11,14,23H2,1-2H3,(H,25,26). The molecule has 0 saturated carbocycles. The molecule has 1 aliphatic heterocycles. The largest absolute Gasteiger partial charge is 0.490 e. The molecule has 0 aliphatic carbocycles. The number of nitrogens with one attached hydrogen (secondary N) is 1. The molecule has 0 spiro atoms. The molecular formula is C22H27N3O3. The highest BCUT2D eigenvalue weighted by Gasteiger charge is 2.21. The van der Waals surface area contributed by atoms with Crippen molar-refractivity contribution in [3.05, 3.63) is 53.1 Å². The minimum absolute atomic E-state index is 0.0763. The molecule has 1 aliphatic rings. The van der Waals surface area contributed by atoms with Crippen molar-refractivity contribution in [3.63, 3.8) is 0 Å². The Kier molecular flexibility index (Phi) is 6.66. The predicted octanol–water partition coefficient (Wildman–Crippen LogP) is 3.16. The number of nitrogens with two attached hydrogens (primary N) is 1. The molecule has 6 heteroatoms. The van der Waals surface area contributed by atoms with Gasteiger partial charge in [-0.25, -0.2) is 0 Å². The van der Waals surface area contributed by atoms with Crippen LogP contribution in [0.4, 0.5) is 5.69 Å². The summed E-state index contributed by atoms with van der Waals surface area (Å²) in [5.41, 5.74) is 10.1. The number of carbonyl (C=O) groups excluding carboxylic acids is 1. The molecule has 0 bridgehead atoms. The highest BCUT2D eigenvalue weighted by Crippen LogP contribution is 2.36. The Morgan fingerprint density at radius 3 is 2.39 bits per heavy atom. The van der Waals surface area contributed by atoms with E-state index in [1.54, 1.807) is 0 Å². The maximum Gasteiger partial charge on any atom is 0.246 e. The Balaban J connectivity index is 2.03. The monoisotopic (exact) mass is 381 g/mol. The highest BCUT2D eigenvalue weighted by atomic mass is 16.5. The molecule has 3 N–H and O–H groups in total. The van der Waals surface area contributed by atoms with Gasteiger partial charge in [0.15, 0.2) is 11.5 Å². The molecule has 1 amide bonds. The van der Waals surface area contributed by atoms with Crippen molar-refractivity contribution in [1.29, 1.82) is 0 Å². The van der Waals surface area contributed by atoms with Gasteiger partial charge in [-0.05, 0) is 44.9 Å². The van der Waals surface area contributed by atoms with Gasteiger partial charge in [0.1, 0.15) is 6.54 Å². The summed E-state index contributed by atoms with van der Waals surface area (Å²) in [6.45, 7) is 5.63. The summed E-state index contributed by atoms with van der Waals surface area (Å²) in [7, 11) is 0. The van der Waals surface area contributed by atoms with E-state index in [-0.39, 0.29) is 12.5 Å². The molecule has 28 heavy (non-hydrogen) atoms. The summed E-state index contributed by atoms with van der Waals surface area (Å²) in [6.07, 6.45) is 1.91.